The molecule has 0 saturated carbocycles. The maximum Gasteiger partial charge on any atom is 0.309 e. The van der Waals surface area contributed by atoms with Crippen LogP contribution in [0.4, 0.5) is 0 Å². The van der Waals surface area contributed by atoms with Gasteiger partial charge in [-0.3, -0.25) is 4.79 Å². The van der Waals surface area contributed by atoms with E-state index >= 15 is 0 Å². The molecule has 0 aliphatic heterocycles. The van der Waals surface area contributed by atoms with Gasteiger partial charge in [-0.15, -0.1) is 0 Å². The predicted molar refractivity (Wildman–Crippen MR) is 50.0 cm³/mol. The van der Waals surface area contributed by atoms with Gasteiger partial charge in [-0.2, -0.15) is 0 Å². The normalized spacial score (nSPS) is 18.8. The van der Waals surface area contributed by atoms with Crippen LogP contribution < -0.4 is 0 Å². The van der Waals surface area contributed by atoms with E-state index in [1.807, 2.05) is 20.8 Å². The van der Waals surface area contributed by atoms with E-state index in [9.17, 15) is 4.79 Å². The summed E-state index contributed by atoms with van der Waals surface area (Å²) in [4.78, 5) is 11.0. The van der Waals surface area contributed by atoms with Crippen molar-refractivity contribution in [2.75, 3.05) is 0 Å². The predicted octanol–water partition coefficient (Wildman–Crippen LogP) is 2.78. The van der Waals surface area contributed by atoms with Gasteiger partial charge in [-0.1, -0.05) is 27.7 Å². The number of aliphatic carboxylic acids is 1. The zero-order chi connectivity index (χ0) is 9.94. The van der Waals surface area contributed by atoms with E-state index in [0.29, 0.717) is 12.3 Å². The van der Waals surface area contributed by atoms with E-state index in [4.69, 9.17) is 5.11 Å². The van der Waals surface area contributed by atoms with Crippen LogP contribution in [0.15, 0.2) is 0 Å². The third-order valence-corrected chi connectivity index (χ3v) is 3.23. The van der Waals surface area contributed by atoms with E-state index in [1.165, 1.54) is 0 Å². The van der Waals surface area contributed by atoms with Gasteiger partial charge in [-0.25, -0.2) is 0 Å². The lowest BCUT2D eigenvalue weighted by Gasteiger charge is -2.33. The Labute approximate surface area is 75.0 Å². The van der Waals surface area contributed by atoms with Crippen LogP contribution in [0.5, 0.6) is 0 Å². The fraction of sp³-hybridized carbons (Fsp3) is 0.900. The largest absolute Gasteiger partial charge is 0.481 e. The molecule has 0 aromatic rings. The first-order valence-corrected chi connectivity index (χ1v) is 4.59. The maximum atomic E-state index is 11.0. The van der Waals surface area contributed by atoms with Crippen LogP contribution in [-0.4, -0.2) is 11.1 Å². The second kappa shape index (κ2) is 3.92. The van der Waals surface area contributed by atoms with Crippen LogP contribution in [0, 0.1) is 17.3 Å². The minimum Gasteiger partial charge on any atom is -0.481 e. The Morgan fingerprint density at radius 1 is 1.42 bits per heavy atom. The van der Waals surface area contributed by atoms with Gasteiger partial charge in [0.1, 0.15) is 0 Å². The lowest BCUT2D eigenvalue weighted by molar-refractivity contribution is -0.152. The van der Waals surface area contributed by atoms with Crippen molar-refractivity contribution < 1.29 is 9.90 Å². The topological polar surface area (TPSA) is 37.3 Å². The third kappa shape index (κ3) is 1.99. The van der Waals surface area contributed by atoms with Crippen molar-refractivity contribution in [2.24, 2.45) is 17.3 Å². The number of hydrogen-bond donors (Lipinski definition) is 1. The molecule has 0 saturated heterocycles. The van der Waals surface area contributed by atoms with Gasteiger partial charge in [0.15, 0.2) is 0 Å². The summed E-state index contributed by atoms with van der Waals surface area (Å²) in [5.74, 6) is -0.0303. The summed E-state index contributed by atoms with van der Waals surface area (Å²) in [6.07, 6.45) is 0.696. The number of hydrogen-bond acceptors (Lipinski definition) is 1. The molecule has 0 bridgehead atoms. The molecule has 2 nitrogen and oxygen atoms in total. The number of carbonyl (C=O) groups is 1. The van der Waals surface area contributed by atoms with Crippen molar-refractivity contribution in [3.05, 3.63) is 0 Å². The van der Waals surface area contributed by atoms with Gasteiger partial charge in [0.25, 0.3) is 0 Å². The summed E-state index contributed by atoms with van der Waals surface area (Å²) in [7, 11) is 0. The quantitative estimate of drug-likeness (QED) is 0.708. The molecule has 0 fully saturated rings. The molecule has 2 unspecified atom stereocenters. The fourth-order valence-corrected chi connectivity index (χ4v) is 1.40. The molecule has 0 heterocycles. The van der Waals surface area contributed by atoms with Crippen LogP contribution in [0.25, 0.3) is 0 Å². The van der Waals surface area contributed by atoms with Gasteiger partial charge in [-0.05, 0) is 25.2 Å². The Bertz CT molecular complexity index is 163. The molecule has 0 radical (unpaired) electrons. The average Bonchev–Trinajstić information content (AvgIpc) is 2.01. The number of rotatable bonds is 4. The molecule has 0 aromatic heterocycles. The van der Waals surface area contributed by atoms with Gasteiger partial charge < -0.3 is 5.11 Å². The SMILES string of the molecule is CCC(C)(C(=O)O)C(C)C(C)C. The summed E-state index contributed by atoms with van der Waals surface area (Å²) < 4.78 is 0. The van der Waals surface area contributed by atoms with Gasteiger partial charge in [0.2, 0.25) is 0 Å². The summed E-state index contributed by atoms with van der Waals surface area (Å²) in [5.41, 5.74) is -0.561. The van der Waals surface area contributed by atoms with Crippen molar-refractivity contribution >= 4 is 5.97 Å². The molecule has 0 aliphatic rings. The highest BCUT2D eigenvalue weighted by Crippen LogP contribution is 2.35. The standard InChI is InChI=1S/C10H20O2/c1-6-10(5,9(11)12)8(4)7(2)3/h7-8H,6H2,1-5H3,(H,11,12). The number of carboxylic acids is 1. The molecule has 0 aliphatic carbocycles. The minimum absolute atomic E-state index is 0.222. The first-order chi connectivity index (χ1) is 5.36. The third-order valence-electron chi connectivity index (χ3n) is 3.23. The second-order valence-electron chi connectivity index (χ2n) is 4.11. The van der Waals surface area contributed by atoms with E-state index in [1.54, 1.807) is 0 Å². The second-order valence-corrected chi connectivity index (χ2v) is 4.11. The van der Waals surface area contributed by atoms with E-state index in [0.717, 1.165) is 0 Å². The summed E-state index contributed by atoms with van der Waals surface area (Å²) >= 11 is 0. The monoisotopic (exact) mass is 172 g/mol. The highest BCUT2D eigenvalue weighted by molar-refractivity contribution is 5.74. The Kier molecular flexibility index (Phi) is 3.75. The molecular formula is C10H20O2. The molecule has 0 amide bonds. The first kappa shape index (κ1) is 11.5. The first-order valence-electron chi connectivity index (χ1n) is 4.59. The maximum absolute atomic E-state index is 11.0. The van der Waals surface area contributed by atoms with Crippen molar-refractivity contribution in [1.82, 2.24) is 0 Å². The lowest BCUT2D eigenvalue weighted by Crippen LogP contribution is -2.36. The lowest BCUT2D eigenvalue weighted by atomic mass is 9.71. The van der Waals surface area contributed by atoms with E-state index < -0.39 is 11.4 Å². The average molecular weight is 172 g/mol. The molecular weight excluding hydrogens is 152 g/mol. The van der Waals surface area contributed by atoms with Crippen LogP contribution in [0.1, 0.15) is 41.0 Å². The van der Waals surface area contributed by atoms with E-state index in [2.05, 4.69) is 13.8 Å². The molecule has 2 heteroatoms. The van der Waals surface area contributed by atoms with Crippen molar-refractivity contribution in [3.8, 4) is 0 Å². The molecule has 12 heavy (non-hydrogen) atoms. The van der Waals surface area contributed by atoms with Crippen molar-refractivity contribution in [1.29, 1.82) is 0 Å². The Morgan fingerprint density at radius 2 is 1.83 bits per heavy atom. The smallest absolute Gasteiger partial charge is 0.309 e. The van der Waals surface area contributed by atoms with Crippen molar-refractivity contribution in [3.63, 3.8) is 0 Å². The zero-order valence-corrected chi connectivity index (χ0v) is 8.72. The molecule has 0 spiro atoms. The van der Waals surface area contributed by atoms with Crippen LogP contribution in [-0.2, 0) is 4.79 Å². The highest BCUT2D eigenvalue weighted by Gasteiger charge is 2.38. The minimum atomic E-state index is -0.675. The molecule has 2 atom stereocenters. The van der Waals surface area contributed by atoms with Crippen LogP contribution in [0.3, 0.4) is 0 Å². The van der Waals surface area contributed by atoms with Gasteiger partial charge in [0.05, 0.1) is 5.41 Å². The molecule has 1 N–H and O–H groups in total. The Morgan fingerprint density at radius 3 is 1.92 bits per heavy atom. The van der Waals surface area contributed by atoms with Crippen LogP contribution in [0.2, 0.25) is 0 Å². The Balaban J connectivity index is 4.63. The molecule has 0 aromatic carbocycles. The summed E-state index contributed by atoms with van der Waals surface area (Å²) in [5, 5.41) is 9.05. The Hall–Kier alpha value is -0.530. The summed E-state index contributed by atoms with van der Waals surface area (Å²) in [6, 6.07) is 0. The highest BCUT2D eigenvalue weighted by atomic mass is 16.4. The van der Waals surface area contributed by atoms with Crippen molar-refractivity contribution in [2.45, 2.75) is 41.0 Å². The molecule has 72 valence electrons. The van der Waals surface area contributed by atoms with Crippen LogP contribution >= 0.6 is 0 Å². The summed E-state index contributed by atoms with van der Waals surface area (Å²) in [6.45, 7) is 9.93. The number of carboxylic acid groups (broad SMARTS) is 1. The van der Waals surface area contributed by atoms with E-state index in [-0.39, 0.29) is 5.92 Å². The van der Waals surface area contributed by atoms with Gasteiger partial charge >= 0.3 is 5.97 Å². The molecule has 0 rings (SSSR count). The van der Waals surface area contributed by atoms with Gasteiger partial charge in [0, 0.05) is 0 Å². The zero-order valence-electron chi connectivity index (χ0n) is 8.72. The fourth-order valence-electron chi connectivity index (χ4n) is 1.40.